The highest BCUT2D eigenvalue weighted by atomic mass is 35.5. The molecular weight excluding hydrogens is 223 g/mol. The number of aromatic amines is 1. The first-order valence-electron chi connectivity index (χ1n) is 4.21. The average molecular weight is 231 g/mol. The molecule has 0 atom stereocenters. The van der Waals surface area contributed by atoms with Gasteiger partial charge in [-0.25, -0.2) is 4.79 Å². The molecule has 0 unspecified atom stereocenters. The molecule has 74 valence electrons. The van der Waals surface area contributed by atoms with Gasteiger partial charge in [-0.3, -0.25) is 4.57 Å². The van der Waals surface area contributed by atoms with E-state index in [1.54, 1.807) is 16.7 Å². The van der Waals surface area contributed by atoms with Gasteiger partial charge in [-0.15, -0.1) is 0 Å². The number of aryl methyl sites for hydroxylation is 1. The molecule has 5 heteroatoms. The van der Waals surface area contributed by atoms with Gasteiger partial charge >= 0.3 is 5.69 Å². The lowest BCUT2D eigenvalue weighted by molar-refractivity contribution is 0.753. The molecule has 0 amide bonds. The monoisotopic (exact) mass is 230 g/mol. The molecule has 0 spiro atoms. The second kappa shape index (κ2) is 3.33. The van der Waals surface area contributed by atoms with E-state index in [-0.39, 0.29) is 5.69 Å². The summed E-state index contributed by atoms with van der Waals surface area (Å²) in [6.07, 6.45) is 0. The van der Waals surface area contributed by atoms with Crippen molar-refractivity contribution in [3.8, 4) is 0 Å². The van der Waals surface area contributed by atoms with Crippen LogP contribution < -0.4 is 5.69 Å². The van der Waals surface area contributed by atoms with Crippen LogP contribution in [0.25, 0.3) is 11.0 Å². The Balaban J connectivity index is 2.89. The van der Waals surface area contributed by atoms with Crippen LogP contribution in [0.2, 0.25) is 10.0 Å². The standard InChI is InChI=1S/C9H8Cl2N2O/c1-2-13-8-4-6(11)5(10)3-7(8)12-9(13)14/h3-4H,2H2,1H3,(H,12,14). The molecule has 2 rings (SSSR count). The molecule has 1 aromatic carbocycles. The van der Waals surface area contributed by atoms with Crippen molar-refractivity contribution in [2.24, 2.45) is 0 Å². The van der Waals surface area contributed by atoms with E-state index < -0.39 is 0 Å². The third kappa shape index (κ3) is 1.33. The van der Waals surface area contributed by atoms with Gasteiger partial charge < -0.3 is 4.98 Å². The summed E-state index contributed by atoms with van der Waals surface area (Å²) < 4.78 is 1.61. The number of halogens is 2. The molecule has 14 heavy (non-hydrogen) atoms. The number of nitrogens with one attached hydrogen (secondary N) is 1. The van der Waals surface area contributed by atoms with Gasteiger partial charge in [0.1, 0.15) is 0 Å². The second-order valence-corrected chi connectivity index (χ2v) is 3.77. The Morgan fingerprint density at radius 1 is 1.36 bits per heavy atom. The van der Waals surface area contributed by atoms with Crippen LogP contribution in [0, 0.1) is 0 Å². The van der Waals surface area contributed by atoms with Crippen molar-refractivity contribution in [1.29, 1.82) is 0 Å². The maximum Gasteiger partial charge on any atom is 0.326 e. The summed E-state index contributed by atoms with van der Waals surface area (Å²) in [7, 11) is 0. The molecular formula is C9H8Cl2N2O. The van der Waals surface area contributed by atoms with Crippen molar-refractivity contribution >= 4 is 34.2 Å². The first-order valence-corrected chi connectivity index (χ1v) is 4.96. The summed E-state index contributed by atoms with van der Waals surface area (Å²) in [4.78, 5) is 14.1. The third-order valence-electron chi connectivity index (χ3n) is 2.13. The van der Waals surface area contributed by atoms with Crippen LogP contribution in [-0.2, 0) is 6.54 Å². The van der Waals surface area contributed by atoms with E-state index in [0.717, 1.165) is 5.52 Å². The van der Waals surface area contributed by atoms with Crippen LogP contribution >= 0.6 is 23.2 Å². The predicted molar refractivity (Wildman–Crippen MR) is 58.3 cm³/mol. The van der Waals surface area contributed by atoms with Gasteiger partial charge in [0.15, 0.2) is 0 Å². The minimum atomic E-state index is -0.138. The zero-order valence-electron chi connectivity index (χ0n) is 7.47. The number of nitrogens with zero attached hydrogens (tertiary/aromatic N) is 1. The van der Waals surface area contributed by atoms with Gasteiger partial charge in [-0.1, -0.05) is 23.2 Å². The lowest BCUT2D eigenvalue weighted by Crippen LogP contribution is -2.14. The van der Waals surface area contributed by atoms with Crippen molar-refractivity contribution in [3.05, 3.63) is 32.7 Å². The minimum absolute atomic E-state index is 0.138. The molecule has 1 aromatic heterocycles. The first-order chi connectivity index (χ1) is 6.63. The van der Waals surface area contributed by atoms with Gasteiger partial charge in [-0.05, 0) is 19.1 Å². The van der Waals surface area contributed by atoms with Crippen LogP contribution in [-0.4, -0.2) is 9.55 Å². The Bertz CT molecular complexity index is 541. The number of hydrogen-bond acceptors (Lipinski definition) is 1. The second-order valence-electron chi connectivity index (χ2n) is 2.96. The van der Waals surface area contributed by atoms with Crippen LogP contribution in [0.15, 0.2) is 16.9 Å². The third-order valence-corrected chi connectivity index (χ3v) is 2.85. The highest BCUT2D eigenvalue weighted by Crippen LogP contribution is 2.26. The molecule has 0 aliphatic rings. The fourth-order valence-electron chi connectivity index (χ4n) is 1.47. The van der Waals surface area contributed by atoms with E-state index >= 15 is 0 Å². The Hall–Kier alpha value is -0.930. The number of rotatable bonds is 1. The van der Waals surface area contributed by atoms with Crippen molar-refractivity contribution in [3.63, 3.8) is 0 Å². The molecule has 0 radical (unpaired) electrons. The van der Waals surface area contributed by atoms with Crippen LogP contribution in [0.1, 0.15) is 6.92 Å². The number of benzene rings is 1. The molecule has 2 aromatic rings. The lowest BCUT2D eigenvalue weighted by atomic mass is 10.3. The zero-order valence-corrected chi connectivity index (χ0v) is 8.99. The van der Waals surface area contributed by atoms with Crippen LogP contribution in [0.3, 0.4) is 0 Å². The van der Waals surface area contributed by atoms with E-state index in [1.807, 2.05) is 6.92 Å². The van der Waals surface area contributed by atoms with Gasteiger partial charge in [-0.2, -0.15) is 0 Å². The van der Waals surface area contributed by atoms with E-state index in [1.165, 1.54) is 0 Å². The molecule has 0 aliphatic carbocycles. The Morgan fingerprint density at radius 3 is 2.64 bits per heavy atom. The smallest absolute Gasteiger partial charge is 0.305 e. The van der Waals surface area contributed by atoms with E-state index in [0.29, 0.717) is 22.1 Å². The number of imidazole rings is 1. The average Bonchev–Trinajstić information content (AvgIpc) is 2.42. The van der Waals surface area contributed by atoms with Crippen molar-refractivity contribution in [2.75, 3.05) is 0 Å². The van der Waals surface area contributed by atoms with Gasteiger partial charge in [0.05, 0.1) is 21.1 Å². The SMILES string of the molecule is CCn1c(=O)[nH]c2cc(Cl)c(Cl)cc21. The first kappa shape index (κ1) is 9.62. The summed E-state index contributed by atoms with van der Waals surface area (Å²) in [5, 5.41) is 0.907. The fourth-order valence-corrected chi connectivity index (χ4v) is 1.79. The highest BCUT2D eigenvalue weighted by Gasteiger charge is 2.07. The van der Waals surface area contributed by atoms with E-state index in [4.69, 9.17) is 23.2 Å². The van der Waals surface area contributed by atoms with Gasteiger partial charge in [0.2, 0.25) is 0 Å². The summed E-state index contributed by atoms with van der Waals surface area (Å²) in [6.45, 7) is 2.51. The Morgan fingerprint density at radius 2 is 2.00 bits per heavy atom. The molecule has 0 aliphatic heterocycles. The highest BCUT2D eigenvalue weighted by molar-refractivity contribution is 6.42. The van der Waals surface area contributed by atoms with Crippen LogP contribution in [0.4, 0.5) is 0 Å². The van der Waals surface area contributed by atoms with Gasteiger partial charge in [0.25, 0.3) is 0 Å². The van der Waals surface area contributed by atoms with Crippen LogP contribution in [0.5, 0.6) is 0 Å². The fraction of sp³-hybridized carbons (Fsp3) is 0.222. The summed E-state index contributed by atoms with van der Waals surface area (Å²) in [6, 6.07) is 3.35. The predicted octanol–water partition coefficient (Wildman–Crippen LogP) is 2.66. The molecule has 0 saturated carbocycles. The molecule has 0 fully saturated rings. The zero-order chi connectivity index (χ0) is 10.3. The topological polar surface area (TPSA) is 37.8 Å². The van der Waals surface area contributed by atoms with Gasteiger partial charge in [0, 0.05) is 6.54 Å². The largest absolute Gasteiger partial charge is 0.326 e. The number of hydrogen-bond donors (Lipinski definition) is 1. The molecule has 3 nitrogen and oxygen atoms in total. The van der Waals surface area contributed by atoms with Crippen molar-refractivity contribution < 1.29 is 0 Å². The molecule has 1 N–H and O–H groups in total. The summed E-state index contributed by atoms with van der Waals surface area (Å²) in [5.74, 6) is 0. The molecule has 1 heterocycles. The van der Waals surface area contributed by atoms with Crippen molar-refractivity contribution in [1.82, 2.24) is 9.55 Å². The normalized spacial score (nSPS) is 11.1. The molecule has 0 bridgehead atoms. The number of fused-ring (bicyclic) bond motifs is 1. The van der Waals surface area contributed by atoms with Crippen molar-refractivity contribution in [2.45, 2.75) is 13.5 Å². The number of aromatic nitrogens is 2. The Labute approximate surface area is 90.2 Å². The van der Waals surface area contributed by atoms with E-state index in [9.17, 15) is 4.79 Å². The maximum absolute atomic E-state index is 11.4. The lowest BCUT2D eigenvalue weighted by Gasteiger charge is -1.99. The summed E-state index contributed by atoms with van der Waals surface area (Å²) >= 11 is 11.7. The molecule has 0 saturated heterocycles. The quantitative estimate of drug-likeness (QED) is 0.804. The minimum Gasteiger partial charge on any atom is -0.305 e. The number of H-pyrrole nitrogens is 1. The van der Waals surface area contributed by atoms with E-state index in [2.05, 4.69) is 4.98 Å². The summed E-state index contributed by atoms with van der Waals surface area (Å²) in [5.41, 5.74) is 1.36. The Kier molecular flexibility index (Phi) is 2.29. The maximum atomic E-state index is 11.4.